The van der Waals surface area contributed by atoms with Gasteiger partial charge in [0.1, 0.15) is 23.8 Å². The van der Waals surface area contributed by atoms with E-state index in [1.165, 1.54) is 11.0 Å². The molecule has 13 heteroatoms. The molecule has 2 saturated heterocycles. The predicted molar refractivity (Wildman–Crippen MR) is 159 cm³/mol. The van der Waals surface area contributed by atoms with E-state index in [9.17, 15) is 18.8 Å². The molecule has 3 rings (SSSR count). The topological polar surface area (TPSA) is 130 Å². The zero-order valence-corrected chi connectivity index (χ0v) is 26.4. The first-order valence-electron chi connectivity index (χ1n) is 14.9. The van der Waals surface area contributed by atoms with Crippen LogP contribution in [0.5, 0.6) is 5.75 Å². The summed E-state index contributed by atoms with van der Waals surface area (Å²) in [7, 11) is 1.63. The fourth-order valence-electron chi connectivity index (χ4n) is 4.68. The molecule has 3 amide bonds. The monoisotopic (exact) mass is 612 g/mol. The summed E-state index contributed by atoms with van der Waals surface area (Å²) in [4.78, 5) is 39.9. The molecule has 0 unspecified atom stereocenters. The maximum Gasteiger partial charge on any atom is 0.410 e. The summed E-state index contributed by atoms with van der Waals surface area (Å²) in [5.74, 6) is 0.140. The molecule has 0 saturated carbocycles. The Morgan fingerprint density at radius 1 is 1.02 bits per heavy atom. The van der Waals surface area contributed by atoms with E-state index in [2.05, 4.69) is 5.32 Å². The molecule has 2 aliphatic heterocycles. The summed E-state index contributed by atoms with van der Waals surface area (Å²) in [5.41, 5.74) is -0.219. The number of methoxy groups -OCH3 is 1. The Hall–Kier alpha value is -3.32. The van der Waals surface area contributed by atoms with E-state index < -0.39 is 23.6 Å². The van der Waals surface area contributed by atoms with Gasteiger partial charge in [-0.05, 0) is 51.8 Å². The largest absolute Gasteiger partial charge is 0.493 e. The lowest BCUT2D eigenvalue weighted by atomic mass is 10.1. The lowest BCUT2D eigenvalue weighted by Crippen LogP contribution is -2.56. The number of rotatable bonds is 9. The molecule has 0 bridgehead atoms. The van der Waals surface area contributed by atoms with Crippen LogP contribution in [0, 0.1) is 5.82 Å². The SMILES string of the molecule is CC[C@@H]1CN(C(=O)OC(C)(C)C)CCN1C(=O)O.CC[C@@H]1CNCCN1C(=O)OCc1cc(OCCCOC)ccc1F. The average Bonchev–Trinajstić information content (AvgIpc) is 2.98. The highest BCUT2D eigenvalue weighted by Gasteiger charge is 2.33. The fraction of sp³-hybridized carbons (Fsp3) is 0.700. The van der Waals surface area contributed by atoms with Crippen LogP contribution >= 0.6 is 0 Å². The van der Waals surface area contributed by atoms with E-state index in [0.717, 1.165) is 25.9 Å². The van der Waals surface area contributed by atoms with Gasteiger partial charge in [-0.15, -0.1) is 0 Å². The number of carbonyl (C=O) groups is 3. The number of hydrogen-bond acceptors (Lipinski definition) is 8. The molecule has 1 aromatic rings. The highest BCUT2D eigenvalue weighted by molar-refractivity contribution is 5.70. The molecular weight excluding hydrogens is 563 g/mol. The van der Waals surface area contributed by atoms with E-state index >= 15 is 0 Å². The average molecular weight is 613 g/mol. The molecule has 0 spiro atoms. The Balaban J connectivity index is 0.000000317. The third kappa shape index (κ3) is 12.1. The van der Waals surface area contributed by atoms with Crippen LogP contribution in [0.15, 0.2) is 18.2 Å². The third-order valence-electron chi connectivity index (χ3n) is 7.04. The Labute approximate surface area is 254 Å². The van der Waals surface area contributed by atoms with Crippen LogP contribution < -0.4 is 10.1 Å². The minimum Gasteiger partial charge on any atom is -0.493 e. The molecular formula is C30H49FN4O8. The molecule has 1 aromatic carbocycles. The second-order valence-corrected chi connectivity index (χ2v) is 11.4. The van der Waals surface area contributed by atoms with Crippen molar-refractivity contribution in [2.75, 3.05) is 59.6 Å². The van der Waals surface area contributed by atoms with Crippen LogP contribution in [-0.2, 0) is 20.8 Å². The van der Waals surface area contributed by atoms with Crippen molar-refractivity contribution < 1.29 is 42.8 Å². The van der Waals surface area contributed by atoms with Crippen LogP contribution in [-0.4, -0.2) is 115 Å². The second kappa shape index (κ2) is 17.7. The third-order valence-corrected chi connectivity index (χ3v) is 7.04. The second-order valence-electron chi connectivity index (χ2n) is 11.4. The summed E-state index contributed by atoms with van der Waals surface area (Å²) >= 11 is 0. The Bertz CT molecular complexity index is 1040. The number of nitrogens with one attached hydrogen (secondary N) is 1. The van der Waals surface area contributed by atoms with Gasteiger partial charge in [-0.3, -0.25) is 0 Å². The van der Waals surface area contributed by atoms with E-state index in [1.807, 2.05) is 34.6 Å². The summed E-state index contributed by atoms with van der Waals surface area (Å²) in [6.07, 6.45) is 0.586. The van der Waals surface area contributed by atoms with Crippen LogP contribution in [0.25, 0.3) is 0 Å². The fourth-order valence-corrected chi connectivity index (χ4v) is 4.68. The Kier molecular flexibility index (Phi) is 14.8. The smallest absolute Gasteiger partial charge is 0.410 e. The van der Waals surface area contributed by atoms with Crippen LogP contribution in [0.2, 0.25) is 0 Å². The molecule has 0 aromatic heterocycles. The summed E-state index contributed by atoms with van der Waals surface area (Å²) < 4.78 is 35.1. The maximum absolute atomic E-state index is 14.0. The van der Waals surface area contributed by atoms with Crippen molar-refractivity contribution in [3.63, 3.8) is 0 Å². The highest BCUT2D eigenvalue weighted by atomic mass is 19.1. The standard InChI is InChI=1S/C18H27FN2O4.C12H22N2O4/c1-3-15-12-20-7-8-21(15)18(22)25-13-14-11-16(5-6-17(14)19)24-10-4-9-23-2;1-5-9-8-13(6-7-14(9)10(15)16)11(17)18-12(2,3)4/h5-6,11,15,20H,3-4,7-10,12-13H2,1-2H3;9H,5-8H2,1-4H3,(H,15,16)/t15-;9-/m11/s1. The van der Waals surface area contributed by atoms with Gasteiger partial charge >= 0.3 is 18.3 Å². The Morgan fingerprint density at radius 3 is 2.37 bits per heavy atom. The predicted octanol–water partition coefficient (Wildman–Crippen LogP) is 4.56. The van der Waals surface area contributed by atoms with Gasteiger partial charge in [0.2, 0.25) is 0 Å². The molecule has 2 aliphatic rings. The lowest BCUT2D eigenvalue weighted by molar-refractivity contribution is 0.00500. The van der Waals surface area contributed by atoms with E-state index in [1.54, 1.807) is 29.0 Å². The molecule has 2 atom stereocenters. The number of nitrogens with zero attached hydrogens (tertiary/aromatic N) is 3. The minimum absolute atomic E-state index is 0.111. The minimum atomic E-state index is -0.925. The number of benzene rings is 1. The number of ether oxygens (including phenoxy) is 4. The van der Waals surface area contributed by atoms with Crippen LogP contribution in [0.4, 0.5) is 18.8 Å². The van der Waals surface area contributed by atoms with Crippen molar-refractivity contribution in [3.8, 4) is 5.75 Å². The van der Waals surface area contributed by atoms with Crippen molar-refractivity contribution in [1.82, 2.24) is 20.0 Å². The normalized spacial score (nSPS) is 18.8. The van der Waals surface area contributed by atoms with Crippen molar-refractivity contribution in [1.29, 1.82) is 0 Å². The highest BCUT2D eigenvalue weighted by Crippen LogP contribution is 2.20. The van der Waals surface area contributed by atoms with Gasteiger partial charge in [-0.25, -0.2) is 18.8 Å². The molecule has 43 heavy (non-hydrogen) atoms. The molecule has 2 fully saturated rings. The maximum atomic E-state index is 14.0. The Morgan fingerprint density at radius 2 is 1.74 bits per heavy atom. The lowest BCUT2D eigenvalue weighted by Gasteiger charge is -2.39. The summed E-state index contributed by atoms with van der Waals surface area (Å²) in [5, 5.41) is 12.3. The molecule has 0 radical (unpaired) electrons. The van der Waals surface area contributed by atoms with Crippen molar-refractivity contribution in [2.45, 2.75) is 78.2 Å². The van der Waals surface area contributed by atoms with Gasteiger partial charge in [-0.2, -0.15) is 0 Å². The quantitative estimate of drug-likeness (QED) is 0.386. The summed E-state index contributed by atoms with van der Waals surface area (Å²) in [6, 6.07) is 4.43. The van der Waals surface area contributed by atoms with Gasteiger partial charge in [0, 0.05) is 71.0 Å². The van der Waals surface area contributed by atoms with Crippen molar-refractivity contribution in [2.24, 2.45) is 0 Å². The van der Waals surface area contributed by atoms with Crippen molar-refractivity contribution >= 4 is 18.3 Å². The number of amides is 3. The first-order chi connectivity index (χ1) is 20.4. The molecule has 0 aliphatic carbocycles. The molecule has 2 N–H and O–H groups in total. The number of carboxylic acid groups (broad SMARTS) is 1. The molecule has 12 nitrogen and oxygen atoms in total. The summed E-state index contributed by atoms with van der Waals surface area (Å²) in [6.45, 7) is 13.6. The number of hydrogen-bond donors (Lipinski definition) is 2. The first-order valence-corrected chi connectivity index (χ1v) is 14.9. The van der Waals surface area contributed by atoms with E-state index in [0.29, 0.717) is 57.1 Å². The van der Waals surface area contributed by atoms with E-state index in [4.69, 9.17) is 24.1 Å². The number of halogens is 1. The molecule has 244 valence electrons. The number of piperazine rings is 2. The van der Waals surface area contributed by atoms with E-state index in [-0.39, 0.29) is 24.8 Å². The van der Waals surface area contributed by atoms with Gasteiger partial charge in [0.05, 0.1) is 12.6 Å². The van der Waals surface area contributed by atoms with Crippen LogP contribution in [0.1, 0.15) is 59.4 Å². The zero-order valence-electron chi connectivity index (χ0n) is 26.4. The van der Waals surface area contributed by atoms with Crippen molar-refractivity contribution in [3.05, 3.63) is 29.6 Å². The van der Waals surface area contributed by atoms with Gasteiger partial charge in [0.15, 0.2) is 0 Å². The van der Waals surface area contributed by atoms with Gasteiger partial charge in [0.25, 0.3) is 0 Å². The molecule has 2 heterocycles. The number of carbonyl (C=O) groups excluding carboxylic acids is 2. The first kappa shape index (κ1) is 35.9. The van der Waals surface area contributed by atoms with Gasteiger partial charge in [-0.1, -0.05) is 13.8 Å². The van der Waals surface area contributed by atoms with Crippen LogP contribution in [0.3, 0.4) is 0 Å². The zero-order chi connectivity index (χ0) is 32.0. The van der Waals surface area contributed by atoms with Gasteiger partial charge < -0.3 is 44.1 Å².